The minimum absolute atomic E-state index is 0.000521. The van der Waals surface area contributed by atoms with Gasteiger partial charge in [-0.2, -0.15) is 0 Å². The maximum Gasteiger partial charge on any atom is 0.263 e. The van der Waals surface area contributed by atoms with E-state index in [0.29, 0.717) is 22.5 Å². The Labute approximate surface area is 128 Å². The molecule has 1 aromatic heterocycles. The van der Waals surface area contributed by atoms with Crippen LogP contribution in [0.2, 0.25) is 5.02 Å². The van der Waals surface area contributed by atoms with Crippen molar-refractivity contribution in [1.82, 2.24) is 14.5 Å². The highest BCUT2D eigenvalue weighted by Crippen LogP contribution is 2.24. The topological polar surface area (TPSA) is 47.4 Å². The fraction of sp³-hybridized carbons (Fsp3) is 0.467. The second-order valence-electron chi connectivity index (χ2n) is 5.37. The molecule has 3 rings (SSSR count). The Morgan fingerprint density at radius 3 is 3.00 bits per heavy atom. The summed E-state index contributed by atoms with van der Waals surface area (Å²) in [6.07, 6.45) is 1.61. The van der Waals surface area contributed by atoms with Gasteiger partial charge >= 0.3 is 0 Å². The van der Waals surface area contributed by atoms with Crippen molar-refractivity contribution in [2.45, 2.75) is 19.1 Å². The van der Waals surface area contributed by atoms with Gasteiger partial charge in [-0.15, -0.1) is 0 Å². The average molecular weight is 308 g/mol. The van der Waals surface area contributed by atoms with Crippen molar-refractivity contribution >= 4 is 22.5 Å². The Morgan fingerprint density at radius 1 is 1.43 bits per heavy atom. The smallest absolute Gasteiger partial charge is 0.263 e. The highest BCUT2D eigenvalue weighted by atomic mass is 35.5. The molecule has 0 spiro atoms. The van der Waals surface area contributed by atoms with E-state index in [1.165, 1.54) is 0 Å². The van der Waals surface area contributed by atoms with Crippen molar-refractivity contribution in [2.24, 2.45) is 0 Å². The first-order valence-electron chi connectivity index (χ1n) is 7.07. The molecule has 1 fully saturated rings. The number of hydrogen-bond acceptors (Lipinski definition) is 4. The molecule has 112 valence electrons. The maximum absolute atomic E-state index is 12.8. The zero-order valence-electron chi connectivity index (χ0n) is 12.1. The van der Waals surface area contributed by atoms with Gasteiger partial charge in [0.15, 0.2) is 0 Å². The van der Waals surface area contributed by atoms with Gasteiger partial charge in [0.25, 0.3) is 5.56 Å². The molecule has 1 aliphatic rings. The number of rotatable bonds is 3. The molecule has 0 aliphatic carbocycles. The molecule has 0 unspecified atom stereocenters. The van der Waals surface area contributed by atoms with Crippen LogP contribution >= 0.6 is 11.6 Å². The zero-order chi connectivity index (χ0) is 15.0. The predicted octanol–water partition coefficient (Wildman–Crippen LogP) is 1.94. The Bertz CT molecular complexity index is 716. The summed E-state index contributed by atoms with van der Waals surface area (Å²) in [4.78, 5) is 19.3. The average Bonchev–Trinajstić information content (AvgIpc) is 2.80. The van der Waals surface area contributed by atoms with Gasteiger partial charge in [0.05, 0.1) is 34.4 Å². The molecule has 0 radical (unpaired) electrons. The van der Waals surface area contributed by atoms with Gasteiger partial charge in [0.2, 0.25) is 0 Å². The van der Waals surface area contributed by atoms with Crippen LogP contribution < -0.4 is 5.56 Å². The summed E-state index contributed by atoms with van der Waals surface area (Å²) in [5.74, 6) is 0. The van der Waals surface area contributed by atoms with Crippen LogP contribution in [0.25, 0.3) is 10.9 Å². The van der Waals surface area contributed by atoms with E-state index in [-0.39, 0.29) is 17.7 Å². The lowest BCUT2D eigenvalue weighted by Gasteiger charge is -2.20. The standard InChI is InChI=1S/C15H18ClN3O2/c1-3-21-13-8-18(2)7-12(13)19-9-17-11-6-4-5-10(16)14(11)15(19)20/h4-6,9,12-13H,3,7-8H2,1-2H3/t12-,13-/m0/s1. The van der Waals surface area contributed by atoms with E-state index in [9.17, 15) is 4.79 Å². The summed E-state index contributed by atoms with van der Waals surface area (Å²) in [5, 5.41) is 0.921. The summed E-state index contributed by atoms with van der Waals surface area (Å²) >= 11 is 6.17. The van der Waals surface area contributed by atoms with E-state index < -0.39 is 0 Å². The molecule has 0 N–H and O–H groups in total. The number of likely N-dealkylation sites (tertiary alicyclic amines) is 1. The Balaban J connectivity index is 2.10. The van der Waals surface area contributed by atoms with E-state index in [1.54, 1.807) is 29.1 Å². The van der Waals surface area contributed by atoms with Crippen molar-refractivity contribution in [3.8, 4) is 0 Å². The van der Waals surface area contributed by atoms with E-state index in [0.717, 1.165) is 13.1 Å². The third-order valence-electron chi connectivity index (χ3n) is 3.92. The van der Waals surface area contributed by atoms with Crippen molar-refractivity contribution in [3.05, 3.63) is 39.9 Å². The second kappa shape index (κ2) is 5.75. The molecule has 2 aromatic rings. The Hall–Kier alpha value is -1.43. The van der Waals surface area contributed by atoms with Crippen LogP contribution in [0.5, 0.6) is 0 Å². The van der Waals surface area contributed by atoms with Crippen LogP contribution in [-0.4, -0.2) is 47.3 Å². The number of nitrogens with zero attached hydrogens (tertiary/aromatic N) is 3. The van der Waals surface area contributed by atoms with Crippen molar-refractivity contribution in [2.75, 3.05) is 26.7 Å². The van der Waals surface area contributed by atoms with Gasteiger partial charge in [-0.05, 0) is 26.1 Å². The van der Waals surface area contributed by atoms with Gasteiger partial charge in [-0.3, -0.25) is 9.36 Å². The quantitative estimate of drug-likeness (QED) is 0.869. The fourth-order valence-electron chi connectivity index (χ4n) is 2.96. The van der Waals surface area contributed by atoms with Crippen molar-refractivity contribution < 1.29 is 4.74 Å². The highest BCUT2D eigenvalue weighted by molar-refractivity contribution is 6.35. The summed E-state index contributed by atoms with van der Waals surface area (Å²) in [7, 11) is 2.03. The minimum atomic E-state index is -0.101. The Kier molecular flexibility index (Phi) is 3.97. The SMILES string of the molecule is CCO[C@H]1CN(C)C[C@@H]1n1cnc2cccc(Cl)c2c1=O. The summed E-state index contributed by atoms with van der Waals surface area (Å²) in [5.41, 5.74) is 0.527. The van der Waals surface area contributed by atoms with Gasteiger partial charge in [-0.1, -0.05) is 17.7 Å². The number of halogens is 1. The molecule has 2 atom stereocenters. The molecular formula is C15H18ClN3O2. The predicted molar refractivity (Wildman–Crippen MR) is 83.0 cm³/mol. The first-order chi connectivity index (χ1) is 10.1. The van der Waals surface area contributed by atoms with Gasteiger partial charge in [-0.25, -0.2) is 4.98 Å². The first kappa shape index (κ1) is 14.5. The largest absolute Gasteiger partial charge is 0.375 e. The molecule has 0 saturated carbocycles. The van der Waals surface area contributed by atoms with Crippen molar-refractivity contribution in [1.29, 1.82) is 0 Å². The summed E-state index contributed by atoms with van der Waals surface area (Å²) in [6.45, 7) is 4.17. The molecule has 6 heteroatoms. The third kappa shape index (κ3) is 2.57. The number of aromatic nitrogens is 2. The van der Waals surface area contributed by atoms with Gasteiger partial charge in [0, 0.05) is 19.7 Å². The van der Waals surface area contributed by atoms with Crippen LogP contribution in [0.3, 0.4) is 0 Å². The van der Waals surface area contributed by atoms with Crippen LogP contribution in [-0.2, 0) is 4.74 Å². The van der Waals surface area contributed by atoms with Crippen molar-refractivity contribution in [3.63, 3.8) is 0 Å². The molecule has 1 saturated heterocycles. The number of hydrogen-bond donors (Lipinski definition) is 0. The van der Waals surface area contributed by atoms with E-state index >= 15 is 0 Å². The summed E-state index contributed by atoms with van der Waals surface area (Å²) < 4.78 is 7.44. The van der Waals surface area contributed by atoms with E-state index in [1.807, 2.05) is 14.0 Å². The number of fused-ring (bicyclic) bond motifs is 1. The minimum Gasteiger partial charge on any atom is -0.375 e. The fourth-order valence-corrected chi connectivity index (χ4v) is 3.21. The highest BCUT2D eigenvalue weighted by Gasteiger charge is 2.33. The normalized spacial score (nSPS) is 23.0. The zero-order valence-corrected chi connectivity index (χ0v) is 12.9. The molecule has 5 nitrogen and oxygen atoms in total. The number of ether oxygens (including phenoxy) is 1. The van der Waals surface area contributed by atoms with Crippen LogP contribution in [0.4, 0.5) is 0 Å². The van der Waals surface area contributed by atoms with Crippen LogP contribution in [0.1, 0.15) is 13.0 Å². The molecule has 1 aromatic carbocycles. The van der Waals surface area contributed by atoms with Gasteiger partial charge in [0.1, 0.15) is 0 Å². The molecule has 1 aliphatic heterocycles. The number of benzene rings is 1. The molecule has 0 bridgehead atoms. The third-order valence-corrected chi connectivity index (χ3v) is 4.23. The molecule has 0 amide bonds. The van der Waals surface area contributed by atoms with Gasteiger partial charge < -0.3 is 9.64 Å². The van der Waals surface area contributed by atoms with Crippen LogP contribution in [0, 0.1) is 0 Å². The first-order valence-corrected chi connectivity index (χ1v) is 7.45. The second-order valence-corrected chi connectivity index (χ2v) is 5.78. The molecule has 21 heavy (non-hydrogen) atoms. The summed E-state index contributed by atoms with van der Waals surface area (Å²) in [6, 6.07) is 5.29. The maximum atomic E-state index is 12.8. The van der Waals surface area contributed by atoms with E-state index in [2.05, 4.69) is 9.88 Å². The lowest BCUT2D eigenvalue weighted by molar-refractivity contribution is 0.0459. The molecule has 2 heterocycles. The lowest BCUT2D eigenvalue weighted by Crippen LogP contribution is -2.33. The lowest BCUT2D eigenvalue weighted by atomic mass is 10.2. The monoisotopic (exact) mass is 307 g/mol. The van der Waals surface area contributed by atoms with Crippen LogP contribution in [0.15, 0.2) is 29.3 Å². The van der Waals surface area contributed by atoms with E-state index in [4.69, 9.17) is 16.3 Å². The number of likely N-dealkylation sites (N-methyl/N-ethyl adjacent to an activating group) is 1. The molecular weight excluding hydrogens is 290 g/mol. The Morgan fingerprint density at radius 2 is 2.24 bits per heavy atom.